The van der Waals surface area contributed by atoms with Gasteiger partial charge < -0.3 is 4.90 Å². The van der Waals surface area contributed by atoms with Gasteiger partial charge in [-0.15, -0.1) is 11.3 Å². The van der Waals surface area contributed by atoms with E-state index in [4.69, 9.17) is 0 Å². The third-order valence-corrected chi connectivity index (χ3v) is 7.64. The quantitative estimate of drug-likeness (QED) is 0.845. The van der Waals surface area contributed by atoms with Gasteiger partial charge in [0.05, 0.1) is 23.9 Å². The fraction of sp³-hybridized carbons (Fsp3) is 0.632. The Bertz CT molecular complexity index is 722. The zero-order chi connectivity index (χ0) is 16.9. The van der Waals surface area contributed by atoms with Crippen molar-refractivity contribution in [3.63, 3.8) is 0 Å². The van der Waals surface area contributed by atoms with Crippen LogP contribution in [0.15, 0.2) is 29.9 Å². The van der Waals surface area contributed by atoms with E-state index in [1.165, 1.54) is 17.7 Å². The Morgan fingerprint density at radius 1 is 1.08 bits per heavy atom. The van der Waals surface area contributed by atoms with Crippen molar-refractivity contribution in [3.8, 4) is 0 Å². The molecule has 1 amide bonds. The maximum Gasteiger partial charge on any atom is 0.234 e. The molecule has 0 aromatic carbocycles. The molecular formula is C19H24N4OS. The predicted molar refractivity (Wildman–Crippen MR) is 96.4 cm³/mol. The maximum absolute atomic E-state index is 13.8. The SMILES string of the molecule is O=C(N1C2CCC1CC(n1nccn1)C2)C1(c2cccs2)CCCC1. The number of thiophene rings is 1. The molecule has 0 radical (unpaired) electrons. The molecule has 5 nitrogen and oxygen atoms in total. The third-order valence-electron chi connectivity index (χ3n) is 6.57. The van der Waals surface area contributed by atoms with Gasteiger partial charge in [-0.1, -0.05) is 18.9 Å². The molecule has 132 valence electrons. The number of amides is 1. The Morgan fingerprint density at radius 2 is 1.76 bits per heavy atom. The van der Waals surface area contributed by atoms with E-state index < -0.39 is 0 Å². The second-order valence-corrected chi connectivity index (χ2v) is 8.79. The van der Waals surface area contributed by atoms with Gasteiger partial charge in [-0.3, -0.25) is 4.79 Å². The van der Waals surface area contributed by atoms with Crippen LogP contribution in [0.1, 0.15) is 62.3 Å². The number of piperidine rings is 1. The number of rotatable bonds is 3. The van der Waals surface area contributed by atoms with Crippen LogP contribution in [0.2, 0.25) is 0 Å². The standard InChI is InChI=1S/C19H24N4OS/c24-18(19(7-1-2-8-19)17-4-3-11-25-17)22-14-5-6-15(22)13-16(12-14)23-20-9-10-21-23/h3-4,9-11,14-16H,1-2,5-8,12-13H2. The average molecular weight is 356 g/mol. The summed E-state index contributed by atoms with van der Waals surface area (Å²) >= 11 is 1.76. The fourth-order valence-corrected chi connectivity index (χ4v) is 6.40. The van der Waals surface area contributed by atoms with Crippen LogP contribution in [0.5, 0.6) is 0 Å². The van der Waals surface area contributed by atoms with Gasteiger partial charge in [-0.2, -0.15) is 15.0 Å². The normalized spacial score (nSPS) is 30.7. The monoisotopic (exact) mass is 356 g/mol. The van der Waals surface area contributed by atoms with Crippen molar-refractivity contribution in [3.05, 3.63) is 34.8 Å². The lowest BCUT2D eigenvalue weighted by Crippen LogP contribution is -2.53. The first-order valence-electron chi connectivity index (χ1n) is 9.50. The van der Waals surface area contributed by atoms with Gasteiger partial charge >= 0.3 is 0 Å². The number of nitrogens with zero attached hydrogens (tertiary/aromatic N) is 4. The van der Waals surface area contributed by atoms with Crippen LogP contribution in [0.3, 0.4) is 0 Å². The second kappa shape index (κ2) is 5.94. The highest BCUT2D eigenvalue weighted by Crippen LogP contribution is 2.49. The summed E-state index contributed by atoms with van der Waals surface area (Å²) < 4.78 is 0. The third kappa shape index (κ3) is 2.37. The lowest BCUT2D eigenvalue weighted by atomic mass is 9.81. The largest absolute Gasteiger partial charge is 0.336 e. The summed E-state index contributed by atoms with van der Waals surface area (Å²) in [6.45, 7) is 0. The van der Waals surface area contributed by atoms with Gasteiger partial charge in [0.2, 0.25) is 5.91 Å². The van der Waals surface area contributed by atoms with E-state index in [1.807, 2.05) is 4.80 Å². The Labute approximate surface area is 152 Å². The maximum atomic E-state index is 13.8. The van der Waals surface area contributed by atoms with Crippen LogP contribution in [0.4, 0.5) is 0 Å². The van der Waals surface area contributed by atoms with E-state index in [0.29, 0.717) is 24.0 Å². The molecule has 2 atom stereocenters. The van der Waals surface area contributed by atoms with E-state index in [2.05, 4.69) is 32.6 Å². The lowest BCUT2D eigenvalue weighted by Gasteiger charge is -2.43. The minimum atomic E-state index is -0.244. The molecule has 2 aliphatic heterocycles. The Hall–Kier alpha value is -1.69. The summed E-state index contributed by atoms with van der Waals surface area (Å²) in [5.74, 6) is 0.409. The van der Waals surface area contributed by atoms with Crippen LogP contribution >= 0.6 is 11.3 Å². The Morgan fingerprint density at radius 3 is 2.36 bits per heavy atom. The van der Waals surface area contributed by atoms with Crippen molar-refractivity contribution in [2.24, 2.45) is 0 Å². The number of aromatic nitrogens is 3. The molecule has 1 aliphatic carbocycles. The molecule has 4 heterocycles. The van der Waals surface area contributed by atoms with E-state index in [0.717, 1.165) is 38.5 Å². The predicted octanol–water partition coefficient (Wildman–Crippen LogP) is 3.55. The summed E-state index contributed by atoms with van der Waals surface area (Å²) in [5, 5.41) is 10.8. The van der Waals surface area contributed by atoms with Crippen molar-refractivity contribution < 1.29 is 4.79 Å². The van der Waals surface area contributed by atoms with Gasteiger partial charge in [0, 0.05) is 17.0 Å². The Kier molecular flexibility index (Phi) is 3.69. The van der Waals surface area contributed by atoms with Crippen molar-refractivity contribution >= 4 is 17.2 Å². The van der Waals surface area contributed by atoms with Crippen LogP contribution in [-0.4, -0.2) is 37.9 Å². The fourth-order valence-electron chi connectivity index (χ4n) is 5.43. The summed E-state index contributed by atoms with van der Waals surface area (Å²) in [4.78, 5) is 19.2. The van der Waals surface area contributed by atoms with Crippen LogP contribution in [-0.2, 0) is 10.2 Å². The minimum absolute atomic E-state index is 0.244. The number of hydrogen-bond donors (Lipinski definition) is 0. The molecule has 2 bridgehead atoms. The van der Waals surface area contributed by atoms with Crippen molar-refractivity contribution in [2.75, 3.05) is 0 Å². The number of hydrogen-bond acceptors (Lipinski definition) is 4. The number of carbonyl (C=O) groups is 1. The molecule has 6 heteroatoms. The zero-order valence-electron chi connectivity index (χ0n) is 14.4. The van der Waals surface area contributed by atoms with Crippen molar-refractivity contribution in [1.82, 2.24) is 19.9 Å². The number of carbonyl (C=O) groups excluding carboxylic acids is 1. The van der Waals surface area contributed by atoms with E-state index in [-0.39, 0.29) is 5.41 Å². The molecule has 3 fully saturated rings. The molecular weight excluding hydrogens is 332 g/mol. The van der Waals surface area contributed by atoms with E-state index in [9.17, 15) is 4.79 Å². The summed E-state index contributed by atoms with van der Waals surface area (Å²) in [7, 11) is 0. The highest BCUT2D eigenvalue weighted by atomic mass is 32.1. The molecule has 2 aromatic rings. The first kappa shape index (κ1) is 15.6. The molecule has 25 heavy (non-hydrogen) atoms. The molecule has 3 aliphatic rings. The van der Waals surface area contributed by atoms with Gasteiger partial charge in [0.15, 0.2) is 0 Å². The van der Waals surface area contributed by atoms with Gasteiger partial charge in [-0.05, 0) is 50.0 Å². The highest BCUT2D eigenvalue weighted by Gasteiger charge is 2.52. The van der Waals surface area contributed by atoms with Crippen LogP contribution < -0.4 is 0 Å². The number of fused-ring (bicyclic) bond motifs is 2. The second-order valence-electron chi connectivity index (χ2n) is 7.84. The minimum Gasteiger partial charge on any atom is -0.336 e. The van der Waals surface area contributed by atoms with Gasteiger partial charge in [-0.25, -0.2) is 0 Å². The van der Waals surface area contributed by atoms with E-state index >= 15 is 0 Å². The molecule has 2 aromatic heterocycles. The average Bonchev–Trinajstić information content (AvgIpc) is 3.41. The smallest absolute Gasteiger partial charge is 0.234 e. The molecule has 5 rings (SSSR count). The Balaban J connectivity index is 1.43. The van der Waals surface area contributed by atoms with Gasteiger partial charge in [0.25, 0.3) is 0 Å². The van der Waals surface area contributed by atoms with Crippen LogP contribution in [0, 0.1) is 0 Å². The molecule has 0 N–H and O–H groups in total. The lowest BCUT2D eigenvalue weighted by molar-refractivity contribution is -0.142. The molecule has 2 unspecified atom stereocenters. The summed E-state index contributed by atoms with van der Waals surface area (Å²) in [5.41, 5.74) is -0.244. The van der Waals surface area contributed by atoms with Gasteiger partial charge in [0.1, 0.15) is 0 Å². The van der Waals surface area contributed by atoms with Crippen LogP contribution in [0.25, 0.3) is 0 Å². The molecule has 0 spiro atoms. The summed E-state index contributed by atoms with van der Waals surface area (Å²) in [6.07, 6.45) is 12.2. The molecule has 1 saturated carbocycles. The zero-order valence-corrected chi connectivity index (χ0v) is 15.2. The highest BCUT2D eigenvalue weighted by molar-refractivity contribution is 7.10. The van der Waals surface area contributed by atoms with Crippen molar-refractivity contribution in [1.29, 1.82) is 0 Å². The first-order valence-corrected chi connectivity index (χ1v) is 10.4. The first-order chi connectivity index (χ1) is 12.3. The summed E-state index contributed by atoms with van der Waals surface area (Å²) in [6, 6.07) is 5.34. The molecule has 2 saturated heterocycles. The van der Waals surface area contributed by atoms with E-state index in [1.54, 1.807) is 23.7 Å². The topological polar surface area (TPSA) is 51.0 Å². The van der Waals surface area contributed by atoms with Crippen molar-refractivity contribution in [2.45, 2.75) is 74.9 Å².